The molecular formula is C17H21N. The molecule has 1 heteroatoms. The van der Waals surface area contributed by atoms with E-state index in [-0.39, 0.29) is 0 Å². The minimum Gasteiger partial charge on any atom is -0.310 e. The average molecular weight is 239 g/mol. The lowest BCUT2D eigenvalue weighted by molar-refractivity contribution is 0.541. The van der Waals surface area contributed by atoms with Gasteiger partial charge < -0.3 is 5.32 Å². The van der Waals surface area contributed by atoms with Crippen LogP contribution in [-0.4, -0.2) is 6.54 Å². The van der Waals surface area contributed by atoms with Crippen molar-refractivity contribution >= 4 is 10.8 Å². The molecule has 0 aromatic heterocycles. The third kappa shape index (κ3) is 1.74. The molecule has 0 fully saturated rings. The Morgan fingerprint density at radius 1 is 1.06 bits per heavy atom. The van der Waals surface area contributed by atoms with Crippen molar-refractivity contribution in [3.05, 3.63) is 47.0 Å². The molecule has 0 amide bonds. The monoisotopic (exact) mass is 239 g/mol. The topological polar surface area (TPSA) is 12.0 Å². The third-order valence-corrected chi connectivity index (χ3v) is 4.14. The Balaban J connectivity index is 2.19. The van der Waals surface area contributed by atoms with Gasteiger partial charge in [0.05, 0.1) is 0 Å². The summed E-state index contributed by atoms with van der Waals surface area (Å²) in [6.07, 6.45) is 3.58. The van der Waals surface area contributed by atoms with Gasteiger partial charge in [0.1, 0.15) is 0 Å². The highest BCUT2D eigenvalue weighted by Gasteiger charge is 2.18. The fourth-order valence-corrected chi connectivity index (χ4v) is 3.29. The molecule has 0 saturated heterocycles. The standard InChI is InChI=1S/C17H21N/c1-3-16(18-4-2)14-11-10-13-9-8-12-6-5-7-15(14)17(12)13/h5-7,10-11,16,18H,3-4,8-9H2,1-2H3. The third-order valence-electron chi connectivity index (χ3n) is 4.14. The summed E-state index contributed by atoms with van der Waals surface area (Å²) >= 11 is 0. The first kappa shape index (κ1) is 11.7. The number of aryl methyl sites for hydroxylation is 2. The van der Waals surface area contributed by atoms with Gasteiger partial charge in [-0.05, 0) is 53.3 Å². The molecule has 2 aromatic carbocycles. The second-order valence-corrected chi connectivity index (χ2v) is 5.17. The zero-order valence-electron chi connectivity index (χ0n) is 11.3. The quantitative estimate of drug-likeness (QED) is 0.850. The van der Waals surface area contributed by atoms with E-state index in [1.54, 1.807) is 0 Å². The predicted molar refractivity (Wildman–Crippen MR) is 78.1 cm³/mol. The average Bonchev–Trinajstić information content (AvgIpc) is 2.83. The second-order valence-electron chi connectivity index (χ2n) is 5.17. The van der Waals surface area contributed by atoms with Crippen molar-refractivity contribution in [2.24, 2.45) is 0 Å². The lowest BCUT2D eigenvalue weighted by Gasteiger charge is -2.19. The van der Waals surface area contributed by atoms with E-state index in [4.69, 9.17) is 0 Å². The summed E-state index contributed by atoms with van der Waals surface area (Å²) in [6, 6.07) is 12.0. The molecule has 1 aliphatic carbocycles. The minimum atomic E-state index is 0.486. The first-order valence-electron chi connectivity index (χ1n) is 7.12. The van der Waals surface area contributed by atoms with Gasteiger partial charge in [-0.15, -0.1) is 0 Å². The number of nitrogens with one attached hydrogen (secondary N) is 1. The Hall–Kier alpha value is -1.34. The molecule has 1 atom stereocenters. The fourth-order valence-electron chi connectivity index (χ4n) is 3.29. The van der Waals surface area contributed by atoms with Crippen LogP contribution in [-0.2, 0) is 12.8 Å². The number of hydrogen-bond donors (Lipinski definition) is 1. The SMILES string of the molecule is CCNC(CC)c1ccc2c3c(cccc13)CC2. The smallest absolute Gasteiger partial charge is 0.0323 e. The Bertz CT molecular complexity index is 561. The van der Waals surface area contributed by atoms with Crippen molar-refractivity contribution in [2.45, 2.75) is 39.2 Å². The van der Waals surface area contributed by atoms with E-state index in [1.165, 1.54) is 40.3 Å². The van der Waals surface area contributed by atoms with Gasteiger partial charge in [0.15, 0.2) is 0 Å². The van der Waals surface area contributed by atoms with Crippen molar-refractivity contribution in [3.8, 4) is 0 Å². The van der Waals surface area contributed by atoms with E-state index in [0.717, 1.165) is 13.0 Å². The van der Waals surface area contributed by atoms with E-state index in [0.29, 0.717) is 6.04 Å². The van der Waals surface area contributed by atoms with Gasteiger partial charge in [-0.3, -0.25) is 0 Å². The molecule has 0 radical (unpaired) electrons. The first-order valence-corrected chi connectivity index (χ1v) is 7.12. The van der Waals surface area contributed by atoms with Crippen molar-refractivity contribution in [1.29, 1.82) is 0 Å². The molecule has 1 N–H and O–H groups in total. The molecule has 94 valence electrons. The zero-order valence-corrected chi connectivity index (χ0v) is 11.3. The fraction of sp³-hybridized carbons (Fsp3) is 0.412. The molecule has 0 heterocycles. The summed E-state index contributed by atoms with van der Waals surface area (Å²) < 4.78 is 0. The van der Waals surface area contributed by atoms with Crippen LogP contribution in [0.5, 0.6) is 0 Å². The van der Waals surface area contributed by atoms with Crippen LogP contribution in [0.3, 0.4) is 0 Å². The molecular weight excluding hydrogens is 218 g/mol. The molecule has 1 nitrogen and oxygen atoms in total. The molecule has 0 spiro atoms. The van der Waals surface area contributed by atoms with Crippen LogP contribution < -0.4 is 5.32 Å². The summed E-state index contributed by atoms with van der Waals surface area (Å²) in [5.74, 6) is 0. The summed E-state index contributed by atoms with van der Waals surface area (Å²) in [5, 5.41) is 6.60. The van der Waals surface area contributed by atoms with Gasteiger partial charge in [-0.1, -0.05) is 44.2 Å². The van der Waals surface area contributed by atoms with Gasteiger partial charge in [-0.25, -0.2) is 0 Å². The lowest BCUT2D eigenvalue weighted by Crippen LogP contribution is -2.20. The van der Waals surface area contributed by atoms with Crippen LogP contribution in [0.2, 0.25) is 0 Å². The minimum absolute atomic E-state index is 0.486. The predicted octanol–water partition coefficient (Wildman–Crippen LogP) is 4.00. The molecule has 0 aliphatic heterocycles. The highest BCUT2D eigenvalue weighted by atomic mass is 14.9. The van der Waals surface area contributed by atoms with Crippen LogP contribution in [0.1, 0.15) is 43.0 Å². The van der Waals surface area contributed by atoms with Crippen molar-refractivity contribution in [3.63, 3.8) is 0 Å². The maximum atomic E-state index is 3.60. The van der Waals surface area contributed by atoms with Crippen molar-refractivity contribution < 1.29 is 0 Å². The second kappa shape index (κ2) is 4.74. The summed E-state index contributed by atoms with van der Waals surface area (Å²) in [5.41, 5.74) is 4.55. The van der Waals surface area contributed by atoms with E-state index < -0.39 is 0 Å². The molecule has 3 rings (SSSR count). The first-order chi connectivity index (χ1) is 8.85. The lowest BCUT2D eigenvalue weighted by atomic mass is 9.94. The Kier molecular flexibility index (Phi) is 3.09. The molecule has 0 bridgehead atoms. The van der Waals surface area contributed by atoms with Crippen LogP contribution in [0.4, 0.5) is 0 Å². The molecule has 2 aromatic rings. The summed E-state index contributed by atoms with van der Waals surface area (Å²) in [6.45, 7) is 5.47. The van der Waals surface area contributed by atoms with E-state index >= 15 is 0 Å². The van der Waals surface area contributed by atoms with Crippen molar-refractivity contribution in [2.75, 3.05) is 6.54 Å². The van der Waals surface area contributed by atoms with Crippen LogP contribution in [0, 0.1) is 0 Å². The van der Waals surface area contributed by atoms with Crippen LogP contribution in [0.25, 0.3) is 10.8 Å². The molecule has 0 saturated carbocycles. The van der Waals surface area contributed by atoms with Gasteiger partial charge in [0.25, 0.3) is 0 Å². The van der Waals surface area contributed by atoms with E-state index in [2.05, 4.69) is 49.5 Å². The highest BCUT2D eigenvalue weighted by molar-refractivity contribution is 5.93. The van der Waals surface area contributed by atoms with Gasteiger partial charge in [-0.2, -0.15) is 0 Å². The molecule has 18 heavy (non-hydrogen) atoms. The van der Waals surface area contributed by atoms with E-state index in [1.807, 2.05) is 0 Å². The van der Waals surface area contributed by atoms with Crippen molar-refractivity contribution in [1.82, 2.24) is 5.32 Å². The van der Waals surface area contributed by atoms with Crippen LogP contribution in [0.15, 0.2) is 30.3 Å². The van der Waals surface area contributed by atoms with Crippen LogP contribution >= 0.6 is 0 Å². The summed E-state index contributed by atoms with van der Waals surface area (Å²) in [7, 11) is 0. The number of benzene rings is 2. The maximum absolute atomic E-state index is 3.60. The number of rotatable bonds is 4. The largest absolute Gasteiger partial charge is 0.310 e. The Labute approximate surface area is 109 Å². The summed E-state index contributed by atoms with van der Waals surface area (Å²) in [4.78, 5) is 0. The van der Waals surface area contributed by atoms with Gasteiger partial charge in [0.2, 0.25) is 0 Å². The van der Waals surface area contributed by atoms with E-state index in [9.17, 15) is 0 Å². The van der Waals surface area contributed by atoms with Gasteiger partial charge in [0, 0.05) is 6.04 Å². The zero-order chi connectivity index (χ0) is 12.5. The highest BCUT2D eigenvalue weighted by Crippen LogP contribution is 2.35. The Morgan fingerprint density at radius 2 is 1.83 bits per heavy atom. The molecule has 1 unspecified atom stereocenters. The maximum Gasteiger partial charge on any atom is 0.0323 e. The number of hydrogen-bond acceptors (Lipinski definition) is 1. The Morgan fingerprint density at radius 3 is 2.56 bits per heavy atom. The molecule has 1 aliphatic rings. The van der Waals surface area contributed by atoms with Gasteiger partial charge >= 0.3 is 0 Å². The normalized spacial score (nSPS) is 15.2.